The molecule has 2 aromatic carbocycles. The van der Waals surface area contributed by atoms with Gasteiger partial charge in [0, 0.05) is 29.7 Å². The van der Waals surface area contributed by atoms with Gasteiger partial charge in [0.2, 0.25) is 5.91 Å². The summed E-state index contributed by atoms with van der Waals surface area (Å²) in [5.74, 6) is 0.247. The van der Waals surface area contributed by atoms with Gasteiger partial charge in [0.15, 0.2) is 23.1 Å². The summed E-state index contributed by atoms with van der Waals surface area (Å²) in [6, 6.07) is 13.9. The van der Waals surface area contributed by atoms with E-state index in [1.54, 1.807) is 48.5 Å². The fourth-order valence-corrected chi connectivity index (χ4v) is 3.92. The molecule has 170 valence electrons. The Hall–Kier alpha value is -3.78. The van der Waals surface area contributed by atoms with Crippen molar-refractivity contribution in [3.05, 3.63) is 65.7 Å². The van der Waals surface area contributed by atoms with Crippen LogP contribution in [0.3, 0.4) is 0 Å². The molecule has 2 heterocycles. The molecule has 1 aliphatic heterocycles. The van der Waals surface area contributed by atoms with Crippen molar-refractivity contribution in [2.75, 3.05) is 23.7 Å². The number of amides is 2. The molecule has 0 unspecified atom stereocenters. The predicted octanol–water partition coefficient (Wildman–Crippen LogP) is 4.22. The molecule has 1 aliphatic rings. The van der Waals surface area contributed by atoms with E-state index >= 15 is 0 Å². The lowest BCUT2D eigenvalue weighted by molar-refractivity contribution is -0.114. The molecule has 8 nitrogen and oxygen atoms in total. The minimum absolute atomic E-state index is 0.120. The third kappa shape index (κ3) is 5.18. The second-order valence-corrected chi connectivity index (χ2v) is 8.07. The largest absolute Gasteiger partial charge is 0.440 e. The van der Waals surface area contributed by atoms with E-state index in [9.17, 15) is 14.4 Å². The van der Waals surface area contributed by atoms with E-state index < -0.39 is 5.91 Å². The normalized spacial score (nSPS) is 14.0. The first-order chi connectivity index (χ1) is 15.9. The van der Waals surface area contributed by atoms with Crippen LogP contribution in [0.25, 0.3) is 11.3 Å². The van der Waals surface area contributed by atoms with E-state index in [0.29, 0.717) is 34.2 Å². The summed E-state index contributed by atoms with van der Waals surface area (Å²) in [6.45, 7) is 4.62. The predicted molar refractivity (Wildman–Crippen MR) is 125 cm³/mol. The second kappa shape index (κ2) is 9.79. The standard InChI is InChI=1S/C25H26N4O4/c1-15(30)20-5-3-4-6-21(20)28-24(32)22-23(17-7-9-19(10-8-17)27-16(2)31)33-25(29-22)18-11-13-26-14-12-18/h3-10,18,26H,11-14H2,1-2H3,(H,27,31)(H,28,32). The monoisotopic (exact) mass is 446 g/mol. The van der Waals surface area contributed by atoms with Crippen molar-refractivity contribution in [1.82, 2.24) is 10.3 Å². The third-order valence-corrected chi connectivity index (χ3v) is 5.57. The number of Topliss-reactive ketones (excluding diaryl/α,β-unsaturated/α-hetero) is 1. The number of benzene rings is 2. The van der Waals surface area contributed by atoms with Crippen molar-refractivity contribution in [3.8, 4) is 11.3 Å². The highest BCUT2D eigenvalue weighted by Crippen LogP contribution is 2.33. The molecular weight excluding hydrogens is 420 g/mol. The summed E-state index contributed by atoms with van der Waals surface area (Å²) < 4.78 is 6.14. The highest BCUT2D eigenvalue weighted by Gasteiger charge is 2.27. The number of nitrogens with one attached hydrogen (secondary N) is 3. The van der Waals surface area contributed by atoms with Crippen molar-refractivity contribution in [3.63, 3.8) is 0 Å². The quantitative estimate of drug-likeness (QED) is 0.489. The number of hydrogen-bond donors (Lipinski definition) is 3. The number of nitrogens with zero attached hydrogens (tertiary/aromatic N) is 1. The van der Waals surface area contributed by atoms with E-state index in [0.717, 1.165) is 25.9 Å². The summed E-state index contributed by atoms with van der Waals surface area (Å²) in [7, 11) is 0. The van der Waals surface area contributed by atoms with E-state index in [1.165, 1.54) is 13.8 Å². The van der Waals surface area contributed by atoms with E-state index in [-0.39, 0.29) is 23.3 Å². The Morgan fingerprint density at radius 2 is 1.67 bits per heavy atom. The average molecular weight is 447 g/mol. The van der Waals surface area contributed by atoms with Crippen LogP contribution in [0.15, 0.2) is 52.9 Å². The Morgan fingerprint density at radius 1 is 0.970 bits per heavy atom. The smallest absolute Gasteiger partial charge is 0.278 e. The molecule has 8 heteroatoms. The molecule has 0 atom stereocenters. The van der Waals surface area contributed by atoms with Crippen LogP contribution in [-0.4, -0.2) is 35.7 Å². The van der Waals surface area contributed by atoms with Crippen LogP contribution in [0.4, 0.5) is 11.4 Å². The maximum atomic E-state index is 13.3. The Bertz CT molecular complexity index is 1180. The number of rotatable bonds is 6. The number of hydrogen-bond acceptors (Lipinski definition) is 6. The molecule has 1 aromatic heterocycles. The molecule has 0 bridgehead atoms. The lowest BCUT2D eigenvalue weighted by Gasteiger charge is -2.19. The van der Waals surface area contributed by atoms with Crippen LogP contribution in [0.1, 0.15) is 59.3 Å². The molecule has 33 heavy (non-hydrogen) atoms. The molecule has 3 N–H and O–H groups in total. The summed E-state index contributed by atoms with van der Waals surface area (Å²) in [6.07, 6.45) is 1.74. The highest BCUT2D eigenvalue weighted by molar-refractivity contribution is 6.10. The molecule has 1 saturated heterocycles. The minimum atomic E-state index is -0.450. The Morgan fingerprint density at radius 3 is 2.33 bits per heavy atom. The fourth-order valence-electron chi connectivity index (χ4n) is 3.92. The van der Waals surface area contributed by atoms with Crippen molar-refractivity contribution in [2.24, 2.45) is 0 Å². The van der Waals surface area contributed by atoms with Gasteiger partial charge in [0.25, 0.3) is 5.91 Å². The first-order valence-corrected chi connectivity index (χ1v) is 10.9. The van der Waals surface area contributed by atoms with Gasteiger partial charge >= 0.3 is 0 Å². The topological polar surface area (TPSA) is 113 Å². The molecule has 0 radical (unpaired) electrons. The summed E-state index contributed by atoms with van der Waals surface area (Å²) in [5.41, 5.74) is 2.32. The van der Waals surface area contributed by atoms with Crippen LogP contribution in [0.5, 0.6) is 0 Å². The van der Waals surface area contributed by atoms with Gasteiger partial charge < -0.3 is 20.4 Å². The number of ketones is 1. The summed E-state index contributed by atoms with van der Waals surface area (Å²) in [5, 5.41) is 8.86. The zero-order valence-corrected chi connectivity index (χ0v) is 18.6. The molecule has 0 spiro atoms. The molecule has 0 saturated carbocycles. The van der Waals surface area contributed by atoms with Gasteiger partial charge in [-0.3, -0.25) is 14.4 Å². The lowest BCUT2D eigenvalue weighted by atomic mass is 9.98. The maximum Gasteiger partial charge on any atom is 0.278 e. The third-order valence-electron chi connectivity index (χ3n) is 5.57. The van der Waals surface area contributed by atoms with Gasteiger partial charge in [-0.25, -0.2) is 4.98 Å². The van der Waals surface area contributed by atoms with Gasteiger partial charge in [0.1, 0.15) is 0 Å². The van der Waals surface area contributed by atoms with Crippen molar-refractivity contribution in [2.45, 2.75) is 32.6 Å². The summed E-state index contributed by atoms with van der Waals surface area (Å²) in [4.78, 5) is 41.2. The molecule has 2 amide bonds. The second-order valence-electron chi connectivity index (χ2n) is 8.07. The minimum Gasteiger partial charge on any atom is -0.440 e. The molecule has 0 aliphatic carbocycles. The van der Waals surface area contributed by atoms with Gasteiger partial charge in [-0.05, 0) is 69.3 Å². The molecule has 3 aromatic rings. The van der Waals surface area contributed by atoms with Gasteiger partial charge in [-0.1, -0.05) is 12.1 Å². The van der Waals surface area contributed by atoms with Crippen LogP contribution in [-0.2, 0) is 4.79 Å². The number of carbonyl (C=O) groups is 3. The summed E-state index contributed by atoms with van der Waals surface area (Å²) >= 11 is 0. The first kappa shape index (κ1) is 22.4. The SMILES string of the molecule is CC(=O)Nc1ccc(-c2oc(C3CCNCC3)nc2C(=O)Nc2ccccc2C(C)=O)cc1. The maximum absolute atomic E-state index is 13.3. The van der Waals surface area contributed by atoms with Gasteiger partial charge in [-0.2, -0.15) is 0 Å². The van der Waals surface area contributed by atoms with Gasteiger partial charge in [0.05, 0.1) is 5.69 Å². The number of oxazole rings is 1. The number of piperidine rings is 1. The Kier molecular flexibility index (Phi) is 6.65. The Labute approximate surface area is 191 Å². The van der Waals surface area contributed by atoms with Crippen LogP contribution < -0.4 is 16.0 Å². The van der Waals surface area contributed by atoms with E-state index in [1.807, 2.05) is 0 Å². The lowest BCUT2D eigenvalue weighted by Crippen LogP contribution is -2.26. The van der Waals surface area contributed by atoms with Crippen LogP contribution >= 0.6 is 0 Å². The number of aromatic nitrogens is 1. The van der Waals surface area contributed by atoms with Gasteiger partial charge in [-0.15, -0.1) is 0 Å². The molecule has 1 fully saturated rings. The van der Waals surface area contributed by atoms with Crippen LogP contribution in [0.2, 0.25) is 0 Å². The molecular formula is C25H26N4O4. The van der Waals surface area contributed by atoms with Crippen LogP contribution in [0, 0.1) is 0 Å². The average Bonchev–Trinajstić information content (AvgIpc) is 3.26. The van der Waals surface area contributed by atoms with E-state index in [2.05, 4.69) is 20.9 Å². The molecule has 4 rings (SSSR count). The van der Waals surface area contributed by atoms with Crippen molar-refractivity contribution >= 4 is 29.0 Å². The zero-order valence-electron chi connectivity index (χ0n) is 18.6. The zero-order chi connectivity index (χ0) is 23.4. The van der Waals surface area contributed by atoms with E-state index in [4.69, 9.17) is 4.42 Å². The first-order valence-electron chi connectivity index (χ1n) is 10.9. The fraction of sp³-hybridized carbons (Fsp3) is 0.280. The number of anilines is 2. The highest BCUT2D eigenvalue weighted by atomic mass is 16.4. The van der Waals surface area contributed by atoms with Crippen molar-refractivity contribution < 1.29 is 18.8 Å². The number of carbonyl (C=O) groups excluding carboxylic acids is 3. The Balaban J connectivity index is 1.70. The van der Waals surface area contributed by atoms with Crippen molar-refractivity contribution in [1.29, 1.82) is 0 Å². The number of para-hydroxylation sites is 1.